The molecule has 1 saturated heterocycles. The molecule has 1 unspecified atom stereocenters. The molecule has 1 aliphatic rings. The van der Waals surface area contributed by atoms with Gasteiger partial charge in [-0.15, -0.1) is 21.5 Å². The molecule has 1 aliphatic heterocycles. The van der Waals surface area contributed by atoms with Gasteiger partial charge in [-0.2, -0.15) is 4.80 Å². The standard InChI is InChI=1S/C15H23N7O2S/c1-15(2,3)24-14(23)22-8-6-21(7-9-22)11(13-16-5-10-25-13)12-17-19-20(4)18-12/h5,10-11H,6-9H2,1-4H3. The minimum Gasteiger partial charge on any atom is -0.444 e. The van der Waals surface area contributed by atoms with Crippen LogP contribution in [0.4, 0.5) is 4.79 Å². The van der Waals surface area contributed by atoms with Crippen LogP contribution < -0.4 is 0 Å². The third-order valence-corrected chi connectivity index (χ3v) is 4.61. The van der Waals surface area contributed by atoms with E-state index in [1.807, 2.05) is 26.2 Å². The van der Waals surface area contributed by atoms with Gasteiger partial charge in [0.05, 0.1) is 7.05 Å². The van der Waals surface area contributed by atoms with Crippen LogP contribution >= 0.6 is 11.3 Å². The summed E-state index contributed by atoms with van der Waals surface area (Å²) in [7, 11) is 1.75. The summed E-state index contributed by atoms with van der Waals surface area (Å²) in [6.07, 6.45) is 1.51. The average molecular weight is 365 g/mol. The van der Waals surface area contributed by atoms with Crippen LogP contribution in [0.3, 0.4) is 0 Å². The largest absolute Gasteiger partial charge is 0.444 e. The highest BCUT2D eigenvalue weighted by Crippen LogP contribution is 2.28. The van der Waals surface area contributed by atoms with Gasteiger partial charge in [0.1, 0.15) is 16.7 Å². The zero-order valence-corrected chi connectivity index (χ0v) is 15.7. The van der Waals surface area contributed by atoms with E-state index in [9.17, 15) is 4.79 Å². The number of rotatable bonds is 3. The zero-order chi connectivity index (χ0) is 18.0. The van der Waals surface area contributed by atoms with Gasteiger partial charge in [0.2, 0.25) is 0 Å². The van der Waals surface area contributed by atoms with Crippen LogP contribution in [0.1, 0.15) is 37.6 Å². The van der Waals surface area contributed by atoms with Crippen molar-refractivity contribution in [2.45, 2.75) is 32.4 Å². The van der Waals surface area contributed by atoms with Gasteiger partial charge in [0.25, 0.3) is 0 Å². The fourth-order valence-electron chi connectivity index (χ4n) is 2.70. The van der Waals surface area contributed by atoms with Crippen LogP contribution in [-0.4, -0.2) is 72.9 Å². The van der Waals surface area contributed by atoms with Crippen LogP contribution in [0.5, 0.6) is 0 Å². The molecule has 0 radical (unpaired) electrons. The van der Waals surface area contributed by atoms with E-state index in [4.69, 9.17) is 4.74 Å². The molecule has 136 valence electrons. The minimum absolute atomic E-state index is 0.144. The molecule has 25 heavy (non-hydrogen) atoms. The summed E-state index contributed by atoms with van der Waals surface area (Å²) in [6, 6.07) is -0.144. The second-order valence-corrected chi connectivity index (χ2v) is 7.84. The Labute approximate surface area is 150 Å². The number of amides is 1. The number of carbonyl (C=O) groups excluding carboxylic acids is 1. The Kier molecular flexibility index (Phi) is 5.00. The lowest BCUT2D eigenvalue weighted by Crippen LogP contribution is -2.51. The molecule has 2 aromatic rings. The van der Waals surface area contributed by atoms with Crippen LogP contribution in [0.2, 0.25) is 0 Å². The van der Waals surface area contributed by atoms with Crippen molar-refractivity contribution >= 4 is 17.4 Å². The Balaban J connectivity index is 1.70. The predicted octanol–water partition coefficient (Wildman–Crippen LogP) is 1.31. The number of ether oxygens (including phenoxy) is 1. The van der Waals surface area contributed by atoms with Crippen LogP contribution in [0, 0.1) is 0 Å². The zero-order valence-electron chi connectivity index (χ0n) is 14.9. The van der Waals surface area contributed by atoms with E-state index in [0.717, 1.165) is 5.01 Å². The third-order valence-electron chi connectivity index (χ3n) is 3.78. The predicted molar refractivity (Wildman–Crippen MR) is 92.1 cm³/mol. The molecule has 0 N–H and O–H groups in total. The Hall–Kier alpha value is -2.07. The summed E-state index contributed by atoms with van der Waals surface area (Å²) in [5, 5.41) is 15.3. The van der Waals surface area contributed by atoms with E-state index in [2.05, 4.69) is 25.3 Å². The SMILES string of the molecule is Cn1nnc(C(c2nccs2)N2CCN(C(=O)OC(C)(C)C)CC2)n1. The molecular weight excluding hydrogens is 342 g/mol. The minimum atomic E-state index is -0.485. The molecule has 0 aromatic carbocycles. The fraction of sp³-hybridized carbons (Fsp3) is 0.667. The molecule has 1 amide bonds. The van der Waals surface area contributed by atoms with Crippen molar-refractivity contribution < 1.29 is 9.53 Å². The number of aryl methyl sites for hydroxylation is 1. The number of piperazine rings is 1. The van der Waals surface area contributed by atoms with Crippen molar-refractivity contribution in [1.82, 2.24) is 35.0 Å². The molecule has 3 rings (SSSR count). The molecule has 0 spiro atoms. The maximum absolute atomic E-state index is 12.2. The summed E-state index contributed by atoms with van der Waals surface area (Å²) in [4.78, 5) is 22.1. The second kappa shape index (κ2) is 7.04. The first-order valence-corrected chi connectivity index (χ1v) is 9.07. The molecule has 0 aliphatic carbocycles. The maximum atomic E-state index is 12.2. The lowest BCUT2D eigenvalue weighted by Gasteiger charge is -2.37. The van der Waals surface area contributed by atoms with E-state index in [-0.39, 0.29) is 12.1 Å². The Morgan fingerprint density at radius 3 is 2.52 bits per heavy atom. The molecule has 1 fully saturated rings. The second-order valence-electron chi connectivity index (χ2n) is 6.91. The number of thiazole rings is 1. The highest BCUT2D eigenvalue weighted by Gasteiger charge is 2.33. The molecule has 0 bridgehead atoms. The lowest BCUT2D eigenvalue weighted by molar-refractivity contribution is 0.0116. The highest BCUT2D eigenvalue weighted by atomic mass is 32.1. The van der Waals surface area contributed by atoms with Gasteiger partial charge in [0.15, 0.2) is 5.82 Å². The first-order chi connectivity index (χ1) is 11.8. The van der Waals surface area contributed by atoms with Crippen molar-refractivity contribution in [3.05, 3.63) is 22.4 Å². The summed E-state index contributed by atoms with van der Waals surface area (Å²) in [6.45, 7) is 8.20. The fourth-order valence-corrected chi connectivity index (χ4v) is 3.46. The van der Waals surface area contributed by atoms with Gasteiger partial charge in [-0.25, -0.2) is 9.78 Å². The first kappa shape index (κ1) is 17.7. The molecule has 3 heterocycles. The van der Waals surface area contributed by atoms with E-state index in [1.54, 1.807) is 29.5 Å². The van der Waals surface area contributed by atoms with E-state index in [0.29, 0.717) is 32.0 Å². The Morgan fingerprint density at radius 2 is 2.00 bits per heavy atom. The topological polar surface area (TPSA) is 89.3 Å². The van der Waals surface area contributed by atoms with Crippen molar-refractivity contribution in [2.75, 3.05) is 26.2 Å². The van der Waals surface area contributed by atoms with E-state index in [1.165, 1.54) is 4.80 Å². The summed E-state index contributed by atoms with van der Waals surface area (Å²) in [5.41, 5.74) is -0.485. The van der Waals surface area contributed by atoms with Crippen molar-refractivity contribution in [1.29, 1.82) is 0 Å². The number of nitrogens with zero attached hydrogens (tertiary/aromatic N) is 7. The molecule has 2 aromatic heterocycles. The number of hydrogen-bond acceptors (Lipinski definition) is 8. The maximum Gasteiger partial charge on any atom is 0.410 e. The van der Waals surface area contributed by atoms with Gasteiger partial charge in [-0.05, 0) is 26.0 Å². The van der Waals surface area contributed by atoms with Gasteiger partial charge in [-0.1, -0.05) is 0 Å². The van der Waals surface area contributed by atoms with Crippen LogP contribution in [0.25, 0.3) is 0 Å². The highest BCUT2D eigenvalue weighted by molar-refractivity contribution is 7.09. The molecule has 1 atom stereocenters. The van der Waals surface area contributed by atoms with E-state index < -0.39 is 5.60 Å². The summed E-state index contributed by atoms with van der Waals surface area (Å²) < 4.78 is 5.45. The monoisotopic (exact) mass is 365 g/mol. The van der Waals surface area contributed by atoms with E-state index >= 15 is 0 Å². The smallest absolute Gasteiger partial charge is 0.410 e. The van der Waals surface area contributed by atoms with Gasteiger partial charge in [0, 0.05) is 37.8 Å². The number of tetrazole rings is 1. The van der Waals surface area contributed by atoms with Crippen LogP contribution in [-0.2, 0) is 11.8 Å². The van der Waals surface area contributed by atoms with Crippen molar-refractivity contribution in [3.63, 3.8) is 0 Å². The number of aromatic nitrogens is 5. The average Bonchev–Trinajstić information content (AvgIpc) is 3.19. The van der Waals surface area contributed by atoms with Crippen LogP contribution in [0.15, 0.2) is 11.6 Å². The van der Waals surface area contributed by atoms with Crippen molar-refractivity contribution in [2.24, 2.45) is 7.05 Å². The normalized spacial score (nSPS) is 17.5. The molecular formula is C15H23N7O2S. The van der Waals surface area contributed by atoms with Gasteiger partial charge in [-0.3, -0.25) is 4.90 Å². The summed E-state index contributed by atoms with van der Waals surface area (Å²) >= 11 is 1.57. The first-order valence-electron chi connectivity index (χ1n) is 8.19. The van der Waals surface area contributed by atoms with Crippen molar-refractivity contribution in [3.8, 4) is 0 Å². The van der Waals surface area contributed by atoms with Gasteiger partial charge >= 0.3 is 6.09 Å². The molecule has 10 heteroatoms. The molecule has 0 saturated carbocycles. The quantitative estimate of drug-likeness (QED) is 0.810. The van der Waals surface area contributed by atoms with Gasteiger partial charge < -0.3 is 9.64 Å². The summed E-state index contributed by atoms with van der Waals surface area (Å²) in [5.74, 6) is 0.628. The number of hydrogen-bond donors (Lipinski definition) is 0. The third kappa shape index (κ3) is 4.31. The Bertz CT molecular complexity index is 702. The molecule has 9 nitrogen and oxygen atoms in total. The lowest BCUT2D eigenvalue weighted by atomic mass is 10.2. The Morgan fingerprint density at radius 1 is 1.28 bits per heavy atom. The number of carbonyl (C=O) groups is 1.